The van der Waals surface area contributed by atoms with E-state index in [9.17, 15) is 0 Å². The molecule has 3 rings (SSSR count). The Bertz CT molecular complexity index is 605. The van der Waals surface area contributed by atoms with Crippen LogP contribution in [0.4, 0.5) is 17.1 Å². The third-order valence-electron chi connectivity index (χ3n) is 3.77. The molecule has 0 amide bonds. The molecule has 0 atom stereocenters. The standard InChI is InChI=1S/C17H19BrN2/c1-12(2)13-3-6-15(7-4-13)20-10-9-19-16-11-14(18)5-8-17(16)20/h3-8,11-12,19H,9-10H2,1-2H3. The van der Waals surface area contributed by atoms with Gasteiger partial charge >= 0.3 is 0 Å². The Hall–Kier alpha value is -1.48. The summed E-state index contributed by atoms with van der Waals surface area (Å²) >= 11 is 3.53. The van der Waals surface area contributed by atoms with Crippen LogP contribution in [0.5, 0.6) is 0 Å². The van der Waals surface area contributed by atoms with Crippen LogP contribution >= 0.6 is 15.9 Å². The summed E-state index contributed by atoms with van der Waals surface area (Å²) in [6.45, 7) is 6.42. The number of nitrogens with one attached hydrogen (secondary N) is 1. The van der Waals surface area contributed by atoms with Gasteiger partial charge in [-0.1, -0.05) is 41.9 Å². The van der Waals surface area contributed by atoms with Crippen LogP contribution in [0.2, 0.25) is 0 Å². The van der Waals surface area contributed by atoms with Gasteiger partial charge in [0.2, 0.25) is 0 Å². The molecule has 0 spiro atoms. The van der Waals surface area contributed by atoms with Crippen LogP contribution in [0.25, 0.3) is 0 Å². The molecule has 2 nitrogen and oxygen atoms in total. The van der Waals surface area contributed by atoms with Crippen LogP contribution in [-0.2, 0) is 0 Å². The van der Waals surface area contributed by atoms with E-state index in [1.165, 1.54) is 22.6 Å². The van der Waals surface area contributed by atoms with Gasteiger partial charge in [-0.3, -0.25) is 0 Å². The van der Waals surface area contributed by atoms with Gasteiger partial charge in [-0.05, 0) is 41.8 Å². The van der Waals surface area contributed by atoms with Crippen LogP contribution in [0.15, 0.2) is 46.9 Å². The van der Waals surface area contributed by atoms with E-state index >= 15 is 0 Å². The molecule has 0 unspecified atom stereocenters. The van der Waals surface area contributed by atoms with Gasteiger partial charge in [-0.25, -0.2) is 0 Å². The highest BCUT2D eigenvalue weighted by atomic mass is 79.9. The topological polar surface area (TPSA) is 15.3 Å². The van der Waals surface area contributed by atoms with Crippen molar-refractivity contribution in [2.45, 2.75) is 19.8 Å². The highest BCUT2D eigenvalue weighted by molar-refractivity contribution is 9.10. The lowest BCUT2D eigenvalue weighted by Gasteiger charge is -2.32. The molecule has 1 aliphatic rings. The smallest absolute Gasteiger partial charge is 0.0647 e. The number of nitrogens with zero attached hydrogens (tertiary/aromatic N) is 1. The van der Waals surface area contributed by atoms with Crippen LogP contribution < -0.4 is 10.2 Å². The highest BCUT2D eigenvalue weighted by Gasteiger charge is 2.18. The third-order valence-corrected chi connectivity index (χ3v) is 4.26. The minimum Gasteiger partial charge on any atom is -0.382 e. The molecule has 0 bridgehead atoms. The fourth-order valence-electron chi connectivity index (χ4n) is 2.62. The van der Waals surface area contributed by atoms with Crippen molar-refractivity contribution in [3.05, 3.63) is 52.5 Å². The van der Waals surface area contributed by atoms with Crippen molar-refractivity contribution in [3.8, 4) is 0 Å². The second-order valence-electron chi connectivity index (χ2n) is 5.49. The fraction of sp³-hybridized carbons (Fsp3) is 0.294. The summed E-state index contributed by atoms with van der Waals surface area (Å²) < 4.78 is 1.11. The van der Waals surface area contributed by atoms with E-state index < -0.39 is 0 Å². The predicted octanol–water partition coefficient (Wildman–Crippen LogP) is 5.14. The van der Waals surface area contributed by atoms with Crippen molar-refractivity contribution in [2.24, 2.45) is 0 Å². The van der Waals surface area contributed by atoms with E-state index in [1.807, 2.05) is 0 Å². The van der Waals surface area contributed by atoms with E-state index in [-0.39, 0.29) is 0 Å². The number of hydrogen-bond donors (Lipinski definition) is 1. The van der Waals surface area contributed by atoms with Crippen molar-refractivity contribution in [1.82, 2.24) is 0 Å². The van der Waals surface area contributed by atoms with Crippen molar-refractivity contribution < 1.29 is 0 Å². The molecule has 0 radical (unpaired) electrons. The molecule has 0 aromatic heterocycles. The number of hydrogen-bond acceptors (Lipinski definition) is 2. The van der Waals surface area contributed by atoms with Gasteiger partial charge in [-0.15, -0.1) is 0 Å². The van der Waals surface area contributed by atoms with E-state index in [0.717, 1.165) is 17.6 Å². The number of halogens is 1. The predicted molar refractivity (Wildman–Crippen MR) is 90.2 cm³/mol. The van der Waals surface area contributed by atoms with Crippen molar-refractivity contribution >= 4 is 33.0 Å². The third kappa shape index (κ3) is 2.55. The Kier molecular flexibility index (Phi) is 3.70. The first kappa shape index (κ1) is 13.5. The van der Waals surface area contributed by atoms with Gasteiger partial charge in [0.25, 0.3) is 0 Å². The van der Waals surface area contributed by atoms with Gasteiger partial charge < -0.3 is 10.2 Å². The molecule has 20 heavy (non-hydrogen) atoms. The molecule has 3 heteroatoms. The lowest BCUT2D eigenvalue weighted by atomic mass is 10.0. The normalized spacial score (nSPS) is 14.1. The lowest BCUT2D eigenvalue weighted by Crippen LogP contribution is -2.30. The molecule has 2 aromatic rings. The first-order valence-corrected chi connectivity index (χ1v) is 7.85. The summed E-state index contributed by atoms with van der Waals surface area (Å²) in [4.78, 5) is 2.38. The maximum Gasteiger partial charge on any atom is 0.0647 e. The lowest BCUT2D eigenvalue weighted by molar-refractivity contribution is 0.864. The summed E-state index contributed by atoms with van der Waals surface area (Å²) in [6.07, 6.45) is 0. The zero-order chi connectivity index (χ0) is 14.1. The van der Waals surface area contributed by atoms with Crippen LogP contribution in [-0.4, -0.2) is 13.1 Å². The second-order valence-corrected chi connectivity index (χ2v) is 6.40. The zero-order valence-electron chi connectivity index (χ0n) is 11.9. The summed E-state index contributed by atoms with van der Waals surface area (Å²) in [7, 11) is 0. The van der Waals surface area contributed by atoms with Crippen molar-refractivity contribution in [2.75, 3.05) is 23.3 Å². The molecule has 2 aromatic carbocycles. The molecule has 0 saturated carbocycles. The van der Waals surface area contributed by atoms with Gasteiger partial charge in [0.05, 0.1) is 11.4 Å². The van der Waals surface area contributed by atoms with E-state index in [2.05, 4.69) is 82.5 Å². The average Bonchev–Trinajstić information content (AvgIpc) is 2.46. The summed E-state index contributed by atoms with van der Waals surface area (Å²) in [5.74, 6) is 0.579. The maximum atomic E-state index is 3.53. The van der Waals surface area contributed by atoms with Gasteiger partial charge in [-0.2, -0.15) is 0 Å². The monoisotopic (exact) mass is 330 g/mol. The largest absolute Gasteiger partial charge is 0.382 e. The molecular formula is C17H19BrN2. The highest BCUT2D eigenvalue weighted by Crippen LogP contribution is 2.36. The number of fused-ring (bicyclic) bond motifs is 1. The minimum atomic E-state index is 0.579. The summed E-state index contributed by atoms with van der Waals surface area (Å²) in [5, 5.41) is 3.46. The number of benzene rings is 2. The van der Waals surface area contributed by atoms with Crippen LogP contribution in [0, 0.1) is 0 Å². The Morgan fingerprint density at radius 1 is 1.10 bits per heavy atom. The van der Waals surface area contributed by atoms with Crippen molar-refractivity contribution in [1.29, 1.82) is 0 Å². The van der Waals surface area contributed by atoms with E-state index in [1.54, 1.807) is 0 Å². The zero-order valence-corrected chi connectivity index (χ0v) is 13.4. The number of anilines is 3. The number of rotatable bonds is 2. The first-order valence-electron chi connectivity index (χ1n) is 7.06. The molecule has 0 fully saturated rings. The minimum absolute atomic E-state index is 0.579. The Morgan fingerprint density at radius 2 is 1.85 bits per heavy atom. The molecular weight excluding hydrogens is 312 g/mol. The molecule has 0 saturated heterocycles. The van der Waals surface area contributed by atoms with Crippen LogP contribution in [0.3, 0.4) is 0 Å². The first-order chi connectivity index (χ1) is 9.65. The van der Waals surface area contributed by atoms with Crippen molar-refractivity contribution in [3.63, 3.8) is 0 Å². The SMILES string of the molecule is CC(C)c1ccc(N2CCNc3cc(Br)ccc32)cc1. The van der Waals surface area contributed by atoms with Crippen LogP contribution in [0.1, 0.15) is 25.3 Å². The Labute approximate surface area is 128 Å². The quantitative estimate of drug-likeness (QED) is 0.820. The Balaban J connectivity index is 1.96. The second kappa shape index (κ2) is 5.49. The van der Waals surface area contributed by atoms with E-state index in [4.69, 9.17) is 0 Å². The molecule has 1 N–H and O–H groups in total. The summed E-state index contributed by atoms with van der Waals surface area (Å²) in [6, 6.07) is 15.3. The average molecular weight is 331 g/mol. The Morgan fingerprint density at radius 3 is 2.55 bits per heavy atom. The van der Waals surface area contributed by atoms with Gasteiger partial charge in [0.1, 0.15) is 0 Å². The summed E-state index contributed by atoms with van der Waals surface area (Å²) in [5.41, 5.74) is 5.09. The molecule has 0 aliphatic carbocycles. The van der Waals surface area contributed by atoms with Gasteiger partial charge in [0.15, 0.2) is 0 Å². The van der Waals surface area contributed by atoms with Gasteiger partial charge in [0, 0.05) is 23.2 Å². The maximum absolute atomic E-state index is 3.53. The molecule has 1 heterocycles. The fourth-order valence-corrected chi connectivity index (χ4v) is 2.98. The molecule has 1 aliphatic heterocycles. The molecule has 104 valence electrons. The van der Waals surface area contributed by atoms with E-state index in [0.29, 0.717) is 5.92 Å².